The highest BCUT2D eigenvalue weighted by Crippen LogP contribution is 2.36. The molecule has 37 heavy (non-hydrogen) atoms. The van der Waals surface area contributed by atoms with Gasteiger partial charge in [0.25, 0.3) is 0 Å². The highest BCUT2D eigenvalue weighted by atomic mass is 32.2. The molecule has 4 aromatic rings. The fourth-order valence-corrected chi connectivity index (χ4v) is 6.99. The molecular weight excluding hydrogens is 521 g/mol. The van der Waals surface area contributed by atoms with Crippen LogP contribution in [0.5, 0.6) is 0 Å². The Bertz CT molecular complexity index is 1550. The van der Waals surface area contributed by atoms with Crippen LogP contribution < -0.4 is 4.90 Å². The molecule has 1 fully saturated rings. The van der Waals surface area contributed by atoms with E-state index in [1.165, 1.54) is 10.4 Å². The van der Waals surface area contributed by atoms with Gasteiger partial charge in [0.1, 0.15) is 16.5 Å². The Balaban J connectivity index is 1.42. The van der Waals surface area contributed by atoms with Crippen molar-refractivity contribution in [1.82, 2.24) is 14.3 Å². The Morgan fingerprint density at radius 1 is 0.946 bits per heavy atom. The molecule has 0 radical (unpaired) electrons. The fraction of sp³-hybridized carbons (Fsp3) is 0.308. The number of halogens is 3. The first-order chi connectivity index (χ1) is 17.5. The summed E-state index contributed by atoms with van der Waals surface area (Å²) in [6.45, 7) is 5.08. The Morgan fingerprint density at radius 3 is 2.32 bits per heavy atom. The zero-order valence-electron chi connectivity index (χ0n) is 20.3. The van der Waals surface area contributed by atoms with Gasteiger partial charge >= 0.3 is 6.18 Å². The first-order valence-corrected chi connectivity index (χ1v) is 14.0. The van der Waals surface area contributed by atoms with E-state index in [0.29, 0.717) is 31.4 Å². The number of piperazine rings is 1. The standard InChI is InChI=1S/C26H25F3N4O2S2/c1-17-18(2)36-25-23(17)24(30-22(31-25)15-19-7-4-3-5-8-19)32-11-13-33(14-12-32)37(34,35)21-10-6-9-20(16-21)26(27,28)29/h3-10,16H,11-15H2,1-2H3. The molecule has 1 aliphatic heterocycles. The van der Waals surface area contributed by atoms with E-state index in [1.54, 1.807) is 11.3 Å². The normalized spacial score (nSPS) is 15.4. The van der Waals surface area contributed by atoms with Crippen molar-refractivity contribution in [2.75, 3.05) is 31.1 Å². The molecule has 0 amide bonds. The number of aryl methyl sites for hydroxylation is 2. The average Bonchev–Trinajstić information content (AvgIpc) is 3.17. The first-order valence-electron chi connectivity index (χ1n) is 11.8. The first kappa shape index (κ1) is 25.6. The van der Waals surface area contributed by atoms with E-state index < -0.39 is 21.8 Å². The number of nitrogens with zero attached hydrogens (tertiary/aromatic N) is 4. The summed E-state index contributed by atoms with van der Waals surface area (Å²) in [5.74, 6) is 1.46. The fourth-order valence-electron chi connectivity index (χ4n) is 4.48. The molecule has 0 spiro atoms. The van der Waals surface area contributed by atoms with Crippen LogP contribution in [-0.2, 0) is 22.6 Å². The van der Waals surface area contributed by atoms with Crippen molar-refractivity contribution in [2.45, 2.75) is 31.3 Å². The molecule has 3 heterocycles. The Labute approximate surface area is 217 Å². The van der Waals surface area contributed by atoms with E-state index in [9.17, 15) is 21.6 Å². The van der Waals surface area contributed by atoms with Gasteiger partial charge in [0.2, 0.25) is 10.0 Å². The second-order valence-corrected chi connectivity index (χ2v) is 12.1. The molecule has 0 aliphatic carbocycles. The molecule has 0 atom stereocenters. The zero-order valence-corrected chi connectivity index (χ0v) is 21.9. The van der Waals surface area contributed by atoms with Gasteiger partial charge in [-0.15, -0.1) is 11.3 Å². The van der Waals surface area contributed by atoms with Gasteiger partial charge < -0.3 is 4.90 Å². The maximum absolute atomic E-state index is 13.2. The number of hydrogen-bond acceptors (Lipinski definition) is 6. The van der Waals surface area contributed by atoms with Crippen molar-refractivity contribution in [3.8, 4) is 0 Å². The number of sulfonamides is 1. The van der Waals surface area contributed by atoms with Crippen LogP contribution in [0.4, 0.5) is 19.0 Å². The number of benzene rings is 2. The molecule has 0 bridgehead atoms. The van der Waals surface area contributed by atoms with Gasteiger partial charge in [0, 0.05) is 37.5 Å². The van der Waals surface area contributed by atoms with Crippen LogP contribution in [0.25, 0.3) is 10.2 Å². The number of fused-ring (bicyclic) bond motifs is 1. The van der Waals surface area contributed by atoms with Gasteiger partial charge in [0.15, 0.2) is 0 Å². The number of aromatic nitrogens is 2. The lowest BCUT2D eigenvalue weighted by Crippen LogP contribution is -2.49. The van der Waals surface area contributed by atoms with Crippen LogP contribution in [0.2, 0.25) is 0 Å². The minimum Gasteiger partial charge on any atom is -0.353 e. The van der Waals surface area contributed by atoms with E-state index >= 15 is 0 Å². The Kier molecular flexibility index (Phi) is 6.71. The van der Waals surface area contributed by atoms with E-state index in [0.717, 1.165) is 44.2 Å². The highest BCUT2D eigenvalue weighted by molar-refractivity contribution is 7.89. The molecule has 1 aliphatic rings. The molecular formula is C26H25F3N4O2S2. The van der Waals surface area contributed by atoms with Crippen molar-refractivity contribution in [3.05, 3.63) is 82.0 Å². The number of anilines is 1. The quantitative estimate of drug-likeness (QED) is 0.334. The molecule has 2 aromatic carbocycles. The van der Waals surface area contributed by atoms with Gasteiger partial charge in [-0.2, -0.15) is 17.5 Å². The molecule has 194 valence electrons. The summed E-state index contributed by atoms with van der Waals surface area (Å²) < 4.78 is 67.0. The van der Waals surface area contributed by atoms with Crippen LogP contribution in [0, 0.1) is 13.8 Å². The van der Waals surface area contributed by atoms with Gasteiger partial charge in [-0.1, -0.05) is 36.4 Å². The third-order valence-electron chi connectivity index (χ3n) is 6.60. The van der Waals surface area contributed by atoms with Crippen LogP contribution in [-0.4, -0.2) is 48.9 Å². The molecule has 2 aromatic heterocycles. The smallest absolute Gasteiger partial charge is 0.353 e. The van der Waals surface area contributed by atoms with Crippen molar-refractivity contribution >= 4 is 37.4 Å². The average molecular weight is 547 g/mol. The van der Waals surface area contributed by atoms with E-state index in [4.69, 9.17) is 9.97 Å². The Morgan fingerprint density at radius 2 is 1.65 bits per heavy atom. The number of alkyl halides is 3. The van der Waals surface area contributed by atoms with Crippen LogP contribution in [0.3, 0.4) is 0 Å². The van der Waals surface area contributed by atoms with E-state index in [2.05, 4.69) is 4.90 Å². The predicted octanol–water partition coefficient (Wildman–Crippen LogP) is 5.43. The lowest BCUT2D eigenvalue weighted by atomic mass is 10.1. The third kappa shape index (κ3) is 5.07. The van der Waals surface area contributed by atoms with Crippen LogP contribution >= 0.6 is 11.3 Å². The lowest BCUT2D eigenvalue weighted by Gasteiger charge is -2.35. The second-order valence-electron chi connectivity index (χ2n) is 9.01. The largest absolute Gasteiger partial charge is 0.416 e. The predicted molar refractivity (Wildman–Crippen MR) is 139 cm³/mol. The minimum absolute atomic E-state index is 0.139. The SMILES string of the molecule is Cc1sc2nc(Cc3ccccc3)nc(N3CCN(S(=O)(=O)c4cccc(C(F)(F)F)c4)CC3)c2c1C. The number of hydrogen-bond donors (Lipinski definition) is 0. The lowest BCUT2D eigenvalue weighted by molar-refractivity contribution is -0.137. The maximum Gasteiger partial charge on any atom is 0.416 e. The van der Waals surface area contributed by atoms with Crippen molar-refractivity contribution in [1.29, 1.82) is 0 Å². The third-order valence-corrected chi connectivity index (χ3v) is 9.59. The van der Waals surface area contributed by atoms with Gasteiger partial charge in [-0.3, -0.25) is 0 Å². The summed E-state index contributed by atoms with van der Waals surface area (Å²) in [6.07, 6.45) is -4.04. The van der Waals surface area contributed by atoms with E-state index in [1.807, 2.05) is 44.2 Å². The zero-order chi connectivity index (χ0) is 26.4. The molecule has 0 N–H and O–H groups in total. The summed E-state index contributed by atoms with van der Waals surface area (Å²) in [5.41, 5.74) is 1.21. The summed E-state index contributed by atoms with van der Waals surface area (Å²) in [6, 6.07) is 13.8. The summed E-state index contributed by atoms with van der Waals surface area (Å²) in [5, 5.41) is 0.966. The Hall–Kier alpha value is -3.02. The molecule has 0 unspecified atom stereocenters. The molecule has 6 nitrogen and oxygen atoms in total. The minimum atomic E-state index is -4.61. The number of rotatable bonds is 5. The number of thiophene rings is 1. The summed E-state index contributed by atoms with van der Waals surface area (Å²) >= 11 is 1.61. The molecule has 11 heteroatoms. The maximum atomic E-state index is 13.2. The van der Waals surface area contributed by atoms with Gasteiger partial charge in [-0.25, -0.2) is 18.4 Å². The molecule has 5 rings (SSSR count). The molecule has 0 saturated carbocycles. The van der Waals surface area contributed by atoms with Crippen molar-refractivity contribution in [3.63, 3.8) is 0 Å². The summed E-state index contributed by atoms with van der Waals surface area (Å²) in [4.78, 5) is 13.5. The molecule has 1 saturated heterocycles. The van der Waals surface area contributed by atoms with Crippen LogP contribution in [0.1, 0.15) is 27.4 Å². The topological polar surface area (TPSA) is 66.4 Å². The van der Waals surface area contributed by atoms with E-state index in [-0.39, 0.29) is 18.0 Å². The highest BCUT2D eigenvalue weighted by Gasteiger charge is 2.34. The van der Waals surface area contributed by atoms with Gasteiger partial charge in [0.05, 0.1) is 15.8 Å². The van der Waals surface area contributed by atoms with Crippen molar-refractivity contribution < 1.29 is 21.6 Å². The summed E-state index contributed by atoms with van der Waals surface area (Å²) in [7, 11) is -4.07. The monoisotopic (exact) mass is 546 g/mol. The van der Waals surface area contributed by atoms with Gasteiger partial charge in [-0.05, 0) is 43.2 Å². The van der Waals surface area contributed by atoms with Crippen molar-refractivity contribution in [2.24, 2.45) is 0 Å². The van der Waals surface area contributed by atoms with Crippen LogP contribution in [0.15, 0.2) is 59.5 Å². The second kappa shape index (κ2) is 9.70.